The standard InChI is InChI=1S/C12H14ClNO/c1-8(7-15)12-6-9-5-10(13)3-4-11(9)14(12)2/h3-6,8,15H,7H2,1-2H3. The SMILES string of the molecule is CC(CO)c1cc2cc(Cl)ccc2n1C. The minimum absolute atomic E-state index is 0.154. The van der Waals surface area contributed by atoms with Gasteiger partial charge in [-0.15, -0.1) is 0 Å². The normalized spacial score (nSPS) is 13.3. The molecule has 0 spiro atoms. The van der Waals surface area contributed by atoms with Crippen LogP contribution in [0.4, 0.5) is 0 Å². The van der Waals surface area contributed by atoms with Gasteiger partial charge in [-0.1, -0.05) is 18.5 Å². The number of aliphatic hydroxyl groups excluding tert-OH is 1. The molecule has 1 heterocycles. The molecule has 1 N–H and O–H groups in total. The summed E-state index contributed by atoms with van der Waals surface area (Å²) in [6, 6.07) is 7.93. The Hall–Kier alpha value is -0.990. The summed E-state index contributed by atoms with van der Waals surface area (Å²) in [6.07, 6.45) is 0. The summed E-state index contributed by atoms with van der Waals surface area (Å²) >= 11 is 5.94. The van der Waals surface area contributed by atoms with E-state index in [2.05, 4.69) is 10.6 Å². The zero-order chi connectivity index (χ0) is 11.0. The molecule has 0 aliphatic rings. The fourth-order valence-electron chi connectivity index (χ4n) is 1.91. The zero-order valence-electron chi connectivity index (χ0n) is 8.87. The van der Waals surface area contributed by atoms with E-state index < -0.39 is 0 Å². The van der Waals surface area contributed by atoms with Gasteiger partial charge in [-0.25, -0.2) is 0 Å². The van der Waals surface area contributed by atoms with E-state index >= 15 is 0 Å². The van der Waals surface area contributed by atoms with E-state index in [9.17, 15) is 0 Å². The van der Waals surface area contributed by atoms with E-state index in [1.807, 2.05) is 32.2 Å². The lowest BCUT2D eigenvalue weighted by atomic mass is 10.1. The van der Waals surface area contributed by atoms with Crippen molar-refractivity contribution in [3.63, 3.8) is 0 Å². The number of hydrogen-bond acceptors (Lipinski definition) is 1. The third-order valence-electron chi connectivity index (χ3n) is 2.82. The number of benzene rings is 1. The summed E-state index contributed by atoms with van der Waals surface area (Å²) in [6.45, 7) is 2.17. The summed E-state index contributed by atoms with van der Waals surface area (Å²) in [5.41, 5.74) is 2.28. The first-order valence-electron chi connectivity index (χ1n) is 4.99. The molecule has 1 atom stereocenters. The van der Waals surface area contributed by atoms with Crippen LogP contribution in [0.1, 0.15) is 18.5 Å². The van der Waals surface area contributed by atoms with Crippen LogP contribution in [0.2, 0.25) is 5.02 Å². The molecule has 0 saturated carbocycles. The molecule has 0 bridgehead atoms. The van der Waals surface area contributed by atoms with Gasteiger partial charge in [0.15, 0.2) is 0 Å². The van der Waals surface area contributed by atoms with Crippen molar-refractivity contribution in [2.45, 2.75) is 12.8 Å². The molecule has 0 fully saturated rings. The van der Waals surface area contributed by atoms with Gasteiger partial charge in [-0.05, 0) is 24.3 Å². The van der Waals surface area contributed by atoms with Gasteiger partial charge in [-0.3, -0.25) is 0 Å². The molecule has 1 aromatic carbocycles. The molecule has 3 heteroatoms. The first-order chi connectivity index (χ1) is 7.13. The highest BCUT2D eigenvalue weighted by Crippen LogP contribution is 2.26. The summed E-state index contributed by atoms with van der Waals surface area (Å²) in [7, 11) is 2.01. The van der Waals surface area contributed by atoms with Gasteiger partial charge in [0.1, 0.15) is 0 Å². The quantitative estimate of drug-likeness (QED) is 0.832. The second-order valence-electron chi connectivity index (χ2n) is 3.91. The Morgan fingerprint density at radius 2 is 2.13 bits per heavy atom. The van der Waals surface area contributed by atoms with Crippen LogP contribution >= 0.6 is 11.6 Å². The van der Waals surface area contributed by atoms with Crippen molar-refractivity contribution < 1.29 is 5.11 Å². The highest BCUT2D eigenvalue weighted by molar-refractivity contribution is 6.31. The van der Waals surface area contributed by atoms with Gasteiger partial charge >= 0.3 is 0 Å². The molecule has 1 unspecified atom stereocenters. The lowest BCUT2D eigenvalue weighted by Crippen LogP contribution is -2.04. The van der Waals surface area contributed by atoms with E-state index in [1.165, 1.54) is 0 Å². The second kappa shape index (κ2) is 3.87. The molecule has 1 aromatic heterocycles. The maximum Gasteiger partial charge on any atom is 0.0511 e. The molecule has 0 radical (unpaired) electrons. The molecular weight excluding hydrogens is 210 g/mol. The Balaban J connectivity index is 2.63. The fraction of sp³-hybridized carbons (Fsp3) is 0.333. The van der Waals surface area contributed by atoms with Crippen molar-refractivity contribution in [3.8, 4) is 0 Å². The molecule has 2 nitrogen and oxygen atoms in total. The van der Waals surface area contributed by atoms with Crippen LogP contribution in [0.3, 0.4) is 0 Å². The van der Waals surface area contributed by atoms with Gasteiger partial charge in [0.2, 0.25) is 0 Å². The van der Waals surface area contributed by atoms with Gasteiger partial charge in [0.25, 0.3) is 0 Å². The first kappa shape index (κ1) is 10.5. The number of aromatic nitrogens is 1. The van der Waals surface area contributed by atoms with Crippen molar-refractivity contribution in [2.24, 2.45) is 7.05 Å². The van der Waals surface area contributed by atoms with Gasteiger partial charge in [0, 0.05) is 34.6 Å². The zero-order valence-corrected chi connectivity index (χ0v) is 9.62. The van der Waals surface area contributed by atoms with Crippen LogP contribution in [0.25, 0.3) is 10.9 Å². The lowest BCUT2D eigenvalue weighted by Gasteiger charge is -2.09. The average Bonchev–Trinajstić information content (AvgIpc) is 2.54. The van der Waals surface area contributed by atoms with Crippen molar-refractivity contribution in [2.75, 3.05) is 6.61 Å². The maximum absolute atomic E-state index is 9.15. The van der Waals surface area contributed by atoms with Crippen LogP contribution in [-0.2, 0) is 7.05 Å². The van der Waals surface area contributed by atoms with Crippen LogP contribution < -0.4 is 0 Å². The summed E-state index contributed by atoms with van der Waals surface area (Å²) < 4.78 is 2.10. The lowest BCUT2D eigenvalue weighted by molar-refractivity contribution is 0.269. The highest BCUT2D eigenvalue weighted by Gasteiger charge is 2.11. The summed E-state index contributed by atoms with van der Waals surface area (Å²) in [4.78, 5) is 0. The third kappa shape index (κ3) is 1.75. The number of fused-ring (bicyclic) bond motifs is 1. The van der Waals surface area contributed by atoms with E-state index in [0.29, 0.717) is 0 Å². The molecule has 0 saturated heterocycles. The van der Waals surface area contributed by atoms with Gasteiger partial charge in [-0.2, -0.15) is 0 Å². The van der Waals surface area contributed by atoms with E-state index in [1.54, 1.807) is 0 Å². The smallest absolute Gasteiger partial charge is 0.0511 e. The number of rotatable bonds is 2. The van der Waals surface area contributed by atoms with Crippen LogP contribution in [0.15, 0.2) is 24.3 Å². The molecule has 2 aromatic rings. The van der Waals surface area contributed by atoms with Crippen LogP contribution in [-0.4, -0.2) is 16.3 Å². The Kier molecular flexibility index (Phi) is 2.72. The highest BCUT2D eigenvalue weighted by atomic mass is 35.5. The van der Waals surface area contributed by atoms with Crippen LogP contribution in [0.5, 0.6) is 0 Å². The van der Waals surface area contributed by atoms with Crippen molar-refractivity contribution in [3.05, 3.63) is 35.0 Å². The molecule has 80 valence electrons. The number of hydrogen-bond donors (Lipinski definition) is 1. The minimum atomic E-state index is 0.154. The molecule has 0 aliphatic carbocycles. The summed E-state index contributed by atoms with van der Waals surface area (Å²) in [5.74, 6) is 0.154. The molecule has 0 aliphatic heterocycles. The van der Waals surface area contributed by atoms with E-state index in [4.69, 9.17) is 16.7 Å². The summed E-state index contributed by atoms with van der Waals surface area (Å²) in [5, 5.41) is 11.0. The first-order valence-corrected chi connectivity index (χ1v) is 5.37. The minimum Gasteiger partial charge on any atom is -0.396 e. The van der Waals surface area contributed by atoms with Crippen molar-refractivity contribution in [1.29, 1.82) is 0 Å². The maximum atomic E-state index is 9.15. The predicted molar refractivity (Wildman–Crippen MR) is 63.4 cm³/mol. The van der Waals surface area contributed by atoms with Gasteiger partial charge in [0.05, 0.1) is 6.61 Å². The third-order valence-corrected chi connectivity index (χ3v) is 3.06. The predicted octanol–water partition coefficient (Wildman–Crippen LogP) is 2.93. The topological polar surface area (TPSA) is 25.2 Å². The van der Waals surface area contributed by atoms with E-state index in [0.717, 1.165) is 21.6 Å². The number of aliphatic hydroxyl groups is 1. The monoisotopic (exact) mass is 223 g/mol. The largest absolute Gasteiger partial charge is 0.396 e. The average molecular weight is 224 g/mol. The number of aryl methyl sites for hydroxylation is 1. The Morgan fingerprint density at radius 1 is 1.40 bits per heavy atom. The molecule has 15 heavy (non-hydrogen) atoms. The van der Waals surface area contributed by atoms with Crippen molar-refractivity contribution >= 4 is 22.5 Å². The Bertz CT molecular complexity index is 490. The Morgan fingerprint density at radius 3 is 2.80 bits per heavy atom. The van der Waals surface area contributed by atoms with Crippen LogP contribution in [0, 0.1) is 0 Å². The Labute approximate surface area is 94.1 Å². The second-order valence-corrected chi connectivity index (χ2v) is 4.35. The number of halogens is 1. The van der Waals surface area contributed by atoms with Gasteiger partial charge < -0.3 is 9.67 Å². The van der Waals surface area contributed by atoms with E-state index in [-0.39, 0.29) is 12.5 Å². The fourth-order valence-corrected chi connectivity index (χ4v) is 2.09. The molecule has 2 rings (SSSR count). The molecular formula is C12H14ClNO. The number of nitrogens with zero attached hydrogens (tertiary/aromatic N) is 1. The molecule has 0 amide bonds. The van der Waals surface area contributed by atoms with Crippen molar-refractivity contribution in [1.82, 2.24) is 4.57 Å².